The summed E-state index contributed by atoms with van der Waals surface area (Å²) in [4.78, 5) is 10.7. The summed E-state index contributed by atoms with van der Waals surface area (Å²) in [6.45, 7) is 5.62. The van der Waals surface area contributed by atoms with E-state index in [-0.39, 0.29) is 12.1 Å². The third kappa shape index (κ3) is 4.75. The molecule has 0 aliphatic carbocycles. The van der Waals surface area contributed by atoms with Crippen molar-refractivity contribution in [2.45, 2.75) is 32.0 Å². The van der Waals surface area contributed by atoms with Crippen LogP contribution in [0, 0.1) is 11.3 Å². The van der Waals surface area contributed by atoms with Crippen LogP contribution < -0.4 is 5.32 Å². The van der Waals surface area contributed by atoms with Gasteiger partial charge in [0.15, 0.2) is 5.69 Å². The zero-order chi connectivity index (χ0) is 17.5. The second-order valence-corrected chi connectivity index (χ2v) is 6.19. The van der Waals surface area contributed by atoms with Crippen LogP contribution >= 0.6 is 0 Å². The fourth-order valence-electron chi connectivity index (χ4n) is 3.07. The van der Waals surface area contributed by atoms with Crippen LogP contribution in [0.5, 0.6) is 0 Å². The Morgan fingerprint density at radius 1 is 1.32 bits per heavy atom. The molecule has 0 amide bonds. The highest BCUT2D eigenvalue weighted by Crippen LogP contribution is 2.17. The Labute approximate surface area is 148 Å². The SMILES string of the molecule is CCC(Nc1cnc(C#N)cn1)C1CN(Cc2ccccc2)CCO1. The maximum atomic E-state index is 8.81. The van der Waals surface area contributed by atoms with Gasteiger partial charge in [0, 0.05) is 19.6 Å². The molecule has 6 nitrogen and oxygen atoms in total. The molecule has 1 aliphatic rings. The van der Waals surface area contributed by atoms with Gasteiger partial charge in [0.05, 0.1) is 31.1 Å². The van der Waals surface area contributed by atoms with Gasteiger partial charge in [-0.05, 0) is 12.0 Å². The highest BCUT2D eigenvalue weighted by atomic mass is 16.5. The Bertz CT molecular complexity index is 698. The first-order valence-electron chi connectivity index (χ1n) is 8.65. The van der Waals surface area contributed by atoms with Crippen LogP contribution in [-0.4, -0.2) is 46.7 Å². The molecular weight excluding hydrogens is 314 g/mol. The maximum Gasteiger partial charge on any atom is 0.158 e. The molecule has 0 bridgehead atoms. The van der Waals surface area contributed by atoms with Crippen molar-refractivity contribution in [3.8, 4) is 6.07 Å². The Hall–Kier alpha value is -2.49. The number of hydrogen-bond acceptors (Lipinski definition) is 6. The summed E-state index contributed by atoms with van der Waals surface area (Å²) in [5.41, 5.74) is 1.64. The molecule has 0 saturated carbocycles. The third-order valence-corrected chi connectivity index (χ3v) is 4.41. The summed E-state index contributed by atoms with van der Waals surface area (Å²) in [5.74, 6) is 0.676. The molecule has 1 aromatic carbocycles. The van der Waals surface area contributed by atoms with Gasteiger partial charge in [-0.1, -0.05) is 37.3 Å². The number of hydrogen-bond donors (Lipinski definition) is 1. The highest BCUT2D eigenvalue weighted by Gasteiger charge is 2.27. The topological polar surface area (TPSA) is 74.1 Å². The maximum absolute atomic E-state index is 8.81. The lowest BCUT2D eigenvalue weighted by molar-refractivity contribution is -0.0403. The van der Waals surface area contributed by atoms with E-state index < -0.39 is 0 Å². The van der Waals surface area contributed by atoms with E-state index in [1.807, 2.05) is 12.1 Å². The van der Waals surface area contributed by atoms with Crippen molar-refractivity contribution in [2.24, 2.45) is 0 Å². The normalized spacial score (nSPS) is 19.1. The Kier molecular flexibility index (Phi) is 5.94. The molecule has 1 aliphatic heterocycles. The van der Waals surface area contributed by atoms with Crippen LogP contribution in [0.3, 0.4) is 0 Å². The van der Waals surface area contributed by atoms with E-state index in [2.05, 4.69) is 51.4 Å². The van der Waals surface area contributed by atoms with Crippen molar-refractivity contribution >= 4 is 5.82 Å². The van der Waals surface area contributed by atoms with E-state index in [1.54, 1.807) is 6.20 Å². The van der Waals surface area contributed by atoms with Crippen molar-refractivity contribution in [1.82, 2.24) is 14.9 Å². The van der Waals surface area contributed by atoms with E-state index in [0.29, 0.717) is 11.5 Å². The molecule has 0 radical (unpaired) electrons. The molecule has 2 aromatic rings. The van der Waals surface area contributed by atoms with Gasteiger partial charge >= 0.3 is 0 Å². The summed E-state index contributed by atoms with van der Waals surface area (Å²) >= 11 is 0. The predicted molar refractivity (Wildman–Crippen MR) is 95.9 cm³/mol. The lowest BCUT2D eigenvalue weighted by Crippen LogP contribution is -2.49. The Morgan fingerprint density at radius 2 is 2.16 bits per heavy atom. The molecule has 6 heteroatoms. The van der Waals surface area contributed by atoms with Gasteiger partial charge in [0.1, 0.15) is 11.9 Å². The lowest BCUT2D eigenvalue weighted by Gasteiger charge is -2.37. The van der Waals surface area contributed by atoms with Gasteiger partial charge in [-0.2, -0.15) is 5.26 Å². The number of rotatable bonds is 6. The highest BCUT2D eigenvalue weighted by molar-refractivity contribution is 5.34. The van der Waals surface area contributed by atoms with Crippen molar-refractivity contribution < 1.29 is 4.74 Å². The molecule has 2 unspecified atom stereocenters. The van der Waals surface area contributed by atoms with Crippen LogP contribution in [0.2, 0.25) is 0 Å². The molecule has 1 saturated heterocycles. The zero-order valence-electron chi connectivity index (χ0n) is 14.4. The fraction of sp³-hybridized carbons (Fsp3) is 0.421. The first kappa shape index (κ1) is 17.3. The van der Waals surface area contributed by atoms with Gasteiger partial charge in [0.25, 0.3) is 0 Å². The van der Waals surface area contributed by atoms with Gasteiger partial charge in [-0.15, -0.1) is 0 Å². The molecule has 3 rings (SSSR count). The molecule has 0 spiro atoms. The van der Waals surface area contributed by atoms with E-state index in [9.17, 15) is 0 Å². The number of aromatic nitrogens is 2. The molecule has 1 N–H and O–H groups in total. The van der Waals surface area contributed by atoms with Crippen LogP contribution in [0.15, 0.2) is 42.7 Å². The quantitative estimate of drug-likeness (QED) is 0.873. The van der Waals surface area contributed by atoms with Crippen LogP contribution in [-0.2, 0) is 11.3 Å². The average Bonchev–Trinajstić information content (AvgIpc) is 2.67. The molecule has 2 heterocycles. The number of ether oxygens (including phenoxy) is 1. The van der Waals surface area contributed by atoms with Crippen LogP contribution in [0.25, 0.3) is 0 Å². The smallest absolute Gasteiger partial charge is 0.158 e. The van der Waals surface area contributed by atoms with E-state index in [1.165, 1.54) is 11.8 Å². The van der Waals surface area contributed by atoms with Gasteiger partial charge in [-0.3, -0.25) is 4.90 Å². The van der Waals surface area contributed by atoms with Gasteiger partial charge < -0.3 is 10.1 Å². The second kappa shape index (κ2) is 8.56. The van der Waals surface area contributed by atoms with Crippen molar-refractivity contribution in [3.05, 3.63) is 54.0 Å². The average molecular weight is 337 g/mol. The van der Waals surface area contributed by atoms with Gasteiger partial charge in [0.2, 0.25) is 0 Å². The van der Waals surface area contributed by atoms with Crippen molar-refractivity contribution in [2.75, 3.05) is 25.0 Å². The first-order chi connectivity index (χ1) is 12.3. The molecule has 1 fully saturated rings. The first-order valence-corrected chi connectivity index (χ1v) is 8.65. The summed E-state index contributed by atoms with van der Waals surface area (Å²) < 4.78 is 6.01. The number of nitrogens with one attached hydrogen (secondary N) is 1. The van der Waals surface area contributed by atoms with E-state index in [4.69, 9.17) is 10.00 Å². The monoisotopic (exact) mass is 337 g/mol. The minimum Gasteiger partial charge on any atom is -0.373 e. The van der Waals surface area contributed by atoms with Crippen LogP contribution in [0.4, 0.5) is 5.82 Å². The van der Waals surface area contributed by atoms with E-state index >= 15 is 0 Å². The minimum atomic E-state index is 0.0971. The largest absolute Gasteiger partial charge is 0.373 e. The minimum absolute atomic E-state index is 0.0971. The standard InChI is InChI=1S/C19H23N5O/c1-2-17(23-19-12-21-16(10-20)11-22-19)18-14-24(8-9-25-18)13-15-6-4-3-5-7-15/h3-7,11-12,17-18H,2,8-9,13-14H2,1H3,(H,22,23). The van der Waals surface area contributed by atoms with Gasteiger partial charge in [-0.25, -0.2) is 9.97 Å². The van der Waals surface area contributed by atoms with Crippen LogP contribution in [0.1, 0.15) is 24.6 Å². The molecule has 25 heavy (non-hydrogen) atoms. The Morgan fingerprint density at radius 3 is 2.84 bits per heavy atom. The van der Waals surface area contributed by atoms with E-state index in [0.717, 1.165) is 32.7 Å². The summed E-state index contributed by atoms with van der Waals surface area (Å²) in [6, 6.07) is 12.6. The molecule has 1 aromatic heterocycles. The number of nitriles is 1. The summed E-state index contributed by atoms with van der Waals surface area (Å²) in [7, 11) is 0. The lowest BCUT2D eigenvalue weighted by atomic mass is 10.1. The number of benzene rings is 1. The molecular formula is C19H23N5O. The third-order valence-electron chi connectivity index (χ3n) is 4.41. The summed E-state index contributed by atoms with van der Waals surface area (Å²) in [6.07, 6.45) is 4.11. The molecule has 130 valence electrons. The molecule has 2 atom stereocenters. The predicted octanol–water partition coefficient (Wildman–Crippen LogP) is 2.44. The fourth-order valence-corrected chi connectivity index (χ4v) is 3.07. The number of nitrogens with zero attached hydrogens (tertiary/aromatic N) is 4. The second-order valence-electron chi connectivity index (χ2n) is 6.19. The van der Waals surface area contributed by atoms with Crippen molar-refractivity contribution in [3.63, 3.8) is 0 Å². The number of anilines is 1. The number of morpholine rings is 1. The zero-order valence-corrected chi connectivity index (χ0v) is 14.4. The summed E-state index contributed by atoms with van der Waals surface area (Å²) in [5, 5.41) is 12.2. The Balaban J connectivity index is 1.60. The van der Waals surface area contributed by atoms with Crippen molar-refractivity contribution in [1.29, 1.82) is 5.26 Å².